The number of aliphatic hydroxyl groups is 1. The minimum Gasteiger partial charge on any atom is -0.469 e. The summed E-state index contributed by atoms with van der Waals surface area (Å²) in [5.41, 5.74) is 1.52. The van der Waals surface area contributed by atoms with E-state index in [1.165, 1.54) is 13.2 Å². The van der Waals surface area contributed by atoms with Crippen molar-refractivity contribution in [3.63, 3.8) is 0 Å². The van der Waals surface area contributed by atoms with Crippen LogP contribution in [0.25, 0.3) is 0 Å². The molecule has 0 heterocycles. The van der Waals surface area contributed by atoms with E-state index in [4.69, 9.17) is 4.74 Å². The summed E-state index contributed by atoms with van der Waals surface area (Å²) in [6, 6.07) is 6.94. The molecule has 1 fully saturated rings. The minimum absolute atomic E-state index is 0.000703. The highest BCUT2D eigenvalue weighted by molar-refractivity contribution is 6.00. The largest absolute Gasteiger partial charge is 0.469 e. The maximum atomic E-state index is 14.1. The van der Waals surface area contributed by atoms with Gasteiger partial charge in [-0.2, -0.15) is 0 Å². The highest BCUT2D eigenvalue weighted by atomic mass is 19.1. The Bertz CT molecular complexity index is 1400. The van der Waals surface area contributed by atoms with Gasteiger partial charge in [0.15, 0.2) is 0 Å². The van der Waals surface area contributed by atoms with Crippen molar-refractivity contribution in [1.82, 2.24) is 15.5 Å². The summed E-state index contributed by atoms with van der Waals surface area (Å²) >= 11 is 0. The van der Waals surface area contributed by atoms with E-state index in [0.29, 0.717) is 50.0 Å². The first-order chi connectivity index (χ1) is 23.4. The van der Waals surface area contributed by atoms with Crippen LogP contribution in [0.4, 0.5) is 8.78 Å². The van der Waals surface area contributed by atoms with Gasteiger partial charge in [0.1, 0.15) is 11.6 Å². The molecule has 3 amide bonds. The van der Waals surface area contributed by atoms with Crippen LogP contribution in [0.15, 0.2) is 36.4 Å². The number of esters is 1. The van der Waals surface area contributed by atoms with Gasteiger partial charge in [0, 0.05) is 42.7 Å². The Morgan fingerprint density at radius 1 is 0.918 bits per heavy atom. The molecule has 270 valence electrons. The number of benzene rings is 2. The summed E-state index contributed by atoms with van der Waals surface area (Å²) in [5, 5.41) is 17.3. The summed E-state index contributed by atoms with van der Waals surface area (Å²) < 4.78 is 33.1. The minimum atomic E-state index is -1.24. The maximum absolute atomic E-state index is 14.1. The number of hydrogen-bond acceptors (Lipinski definition) is 6. The lowest BCUT2D eigenvalue weighted by atomic mass is 9.82. The molecule has 2 aromatic rings. The number of ether oxygens (including phenoxy) is 1. The van der Waals surface area contributed by atoms with Gasteiger partial charge in [0.25, 0.3) is 11.8 Å². The van der Waals surface area contributed by atoms with Crippen molar-refractivity contribution in [2.75, 3.05) is 26.7 Å². The zero-order valence-corrected chi connectivity index (χ0v) is 29.5. The van der Waals surface area contributed by atoms with Crippen LogP contribution in [0.3, 0.4) is 0 Å². The average molecular weight is 686 g/mol. The molecule has 0 spiro atoms. The molecule has 3 atom stereocenters. The number of hydrogen-bond donors (Lipinski definition) is 3. The molecule has 0 saturated heterocycles. The number of halogens is 2. The molecule has 1 aliphatic carbocycles. The maximum Gasteiger partial charge on any atom is 0.308 e. The first-order valence-electron chi connectivity index (χ1n) is 17.6. The van der Waals surface area contributed by atoms with Gasteiger partial charge in [-0.1, -0.05) is 20.8 Å². The van der Waals surface area contributed by atoms with Crippen molar-refractivity contribution >= 4 is 23.7 Å². The number of carbonyl (C=O) groups excluding carboxylic acids is 4. The van der Waals surface area contributed by atoms with Crippen LogP contribution in [0.1, 0.15) is 104 Å². The van der Waals surface area contributed by atoms with Gasteiger partial charge < -0.3 is 25.4 Å². The van der Waals surface area contributed by atoms with Gasteiger partial charge in [-0.25, -0.2) is 8.78 Å². The second-order valence-corrected chi connectivity index (χ2v) is 13.3. The molecule has 3 N–H and O–H groups in total. The molecule has 0 radical (unpaired) electrons. The highest BCUT2D eigenvalue weighted by Gasteiger charge is 2.30. The first-order valence-corrected chi connectivity index (χ1v) is 17.6. The SMILES string of the molecule is CCCN(CCC)C(=O)c1cc(C)cc(C(=O)NC(Cc2cc(F)cc(F)c2)C(O)CC(CC)C(=O)NCC2CCC(C(=O)OC)CC2)c1. The quantitative estimate of drug-likeness (QED) is 0.182. The molecular weight excluding hydrogens is 632 g/mol. The lowest BCUT2D eigenvalue weighted by Crippen LogP contribution is -2.47. The van der Waals surface area contributed by atoms with E-state index >= 15 is 0 Å². The molecule has 2 aromatic carbocycles. The second-order valence-electron chi connectivity index (χ2n) is 13.3. The standard InChI is InChI=1S/C38H53F2N3O6/c1-6-13-43(14-7-2)37(47)30-16-24(4)15-29(20-30)36(46)42-33(19-26-17-31(39)22-32(40)18-26)34(44)21-27(8-3)35(45)41-23-25-9-11-28(12-10-25)38(48)49-5/h15-18,20,22,25,27-28,33-34,44H,6-14,19,21,23H2,1-5H3,(H,41,45)(H,42,46). The summed E-state index contributed by atoms with van der Waals surface area (Å²) in [5.74, 6) is -3.22. The molecule has 3 rings (SSSR count). The molecule has 1 aliphatic rings. The van der Waals surface area contributed by atoms with Crippen LogP contribution < -0.4 is 10.6 Å². The lowest BCUT2D eigenvalue weighted by molar-refractivity contribution is -0.146. The fourth-order valence-electron chi connectivity index (χ4n) is 6.67. The summed E-state index contributed by atoms with van der Waals surface area (Å²) in [6.45, 7) is 9.23. The molecular formula is C38H53F2N3O6. The average Bonchev–Trinajstić information content (AvgIpc) is 3.07. The van der Waals surface area contributed by atoms with Gasteiger partial charge in [0.05, 0.1) is 25.2 Å². The zero-order chi connectivity index (χ0) is 36.1. The molecule has 11 heteroatoms. The molecule has 49 heavy (non-hydrogen) atoms. The zero-order valence-electron chi connectivity index (χ0n) is 29.5. The van der Waals surface area contributed by atoms with Gasteiger partial charge in [-0.05, 0) is 112 Å². The fourth-order valence-corrected chi connectivity index (χ4v) is 6.67. The molecule has 0 aliphatic heterocycles. The van der Waals surface area contributed by atoms with Crippen molar-refractivity contribution < 1.29 is 37.8 Å². The van der Waals surface area contributed by atoms with Gasteiger partial charge in [-0.3, -0.25) is 19.2 Å². The van der Waals surface area contributed by atoms with Crippen LogP contribution in [0, 0.1) is 36.3 Å². The van der Waals surface area contributed by atoms with Crippen molar-refractivity contribution in [2.24, 2.45) is 17.8 Å². The number of amides is 3. The molecule has 9 nitrogen and oxygen atoms in total. The van der Waals surface area contributed by atoms with Crippen LogP contribution >= 0.6 is 0 Å². The Labute approximate surface area is 289 Å². The van der Waals surface area contributed by atoms with E-state index in [1.807, 2.05) is 20.8 Å². The first kappa shape index (κ1) is 39.6. The van der Waals surface area contributed by atoms with E-state index in [2.05, 4.69) is 10.6 Å². The third kappa shape index (κ3) is 11.9. The number of aliphatic hydroxyl groups excluding tert-OH is 1. The number of rotatable bonds is 17. The van der Waals surface area contributed by atoms with Gasteiger partial charge in [0.2, 0.25) is 5.91 Å². The molecule has 3 unspecified atom stereocenters. The topological polar surface area (TPSA) is 125 Å². The van der Waals surface area contributed by atoms with Gasteiger partial charge in [-0.15, -0.1) is 0 Å². The van der Waals surface area contributed by atoms with Crippen molar-refractivity contribution in [3.05, 3.63) is 70.3 Å². The molecule has 1 saturated carbocycles. The fraction of sp³-hybridized carbons (Fsp3) is 0.579. The van der Waals surface area contributed by atoms with Crippen LogP contribution in [0.2, 0.25) is 0 Å². The van der Waals surface area contributed by atoms with Crippen LogP contribution in [0.5, 0.6) is 0 Å². The Kier molecular flexibility index (Phi) is 15.6. The summed E-state index contributed by atoms with van der Waals surface area (Å²) in [4.78, 5) is 53.9. The van der Waals surface area contributed by atoms with Crippen LogP contribution in [-0.4, -0.2) is 72.6 Å². The van der Waals surface area contributed by atoms with E-state index in [0.717, 1.165) is 43.9 Å². The Morgan fingerprint density at radius 3 is 2.10 bits per heavy atom. The smallest absolute Gasteiger partial charge is 0.308 e. The van der Waals surface area contributed by atoms with Crippen molar-refractivity contribution in [2.45, 2.75) is 97.6 Å². The third-order valence-corrected chi connectivity index (χ3v) is 9.36. The predicted molar refractivity (Wildman–Crippen MR) is 184 cm³/mol. The summed E-state index contributed by atoms with van der Waals surface area (Å²) in [6.07, 6.45) is 3.66. The monoisotopic (exact) mass is 685 g/mol. The summed E-state index contributed by atoms with van der Waals surface area (Å²) in [7, 11) is 1.39. The molecule has 0 bridgehead atoms. The molecule has 0 aromatic heterocycles. The number of methoxy groups -OCH3 is 1. The Hall–Kier alpha value is -3.86. The highest BCUT2D eigenvalue weighted by Crippen LogP contribution is 2.29. The van der Waals surface area contributed by atoms with Gasteiger partial charge >= 0.3 is 5.97 Å². The number of aryl methyl sites for hydroxylation is 1. The predicted octanol–water partition coefficient (Wildman–Crippen LogP) is 5.75. The van der Waals surface area contributed by atoms with Crippen molar-refractivity contribution in [3.8, 4) is 0 Å². The van der Waals surface area contributed by atoms with E-state index in [9.17, 15) is 33.1 Å². The Morgan fingerprint density at radius 2 is 1.53 bits per heavy atom. The van der Waals surface area contributed by atoms with E-state index < -0.39 is 35.6 Å². The van der Waals surface area contributed by atoms with Crippen molar-refractivity contribution in [1.29, 1.82) is 0 Å². The Balaban J connectivity index is 1.76. The second kappa shape index (κ2) is 19.4. The number of nitrogens with one attached hydrogen (secondary N) is 2. The number of carbonyl (C=O) groups is 4. The number of nitrogens with zero attached hydrogens (tertiary/aromatic N) is 1. The lowest BCUT2D eigenvalue weighted by Gasteiger charge is -2.29. The third-order valence-electron chi connectivity index (χ3n) is 9.36. The van der Waals surface area contributed by atoms with E-state index in [1.54, 1.807) is 24.0 Å². The van der Waals surface area contributed by atoms with E-state index in [-0.39, 0.29) is 53.6 Å². The van der Waals surface area contributed by atoms with Crippen LogP contribution in [-0.2, 0) is 20.7 Å². The normalized spacial score (nSPS) is 17.8.